The smallest absolute Gasteiger partial charge is 0.260 e. The predicted octanol–water partition coefficient (Wildman–Crippen LogP) is 4.43. The number of aromatic amines is 1. The predicted molar refractivity (Wildman–Crippen MR) is 97.3 cm³/mol. The molecule has 0 spiro atoms. The topological polar surface area (TPSA) is 69.5 Å². The summed E-state index contributed by atoms with van der Waals surface area (Å²) in [5.74, 6) is 0.297. The van der Waals surface area contributed by atoms with Gasteiger partial charge in [-0.3, -0.25) is 4.79 Å². The summed E-state index contributed by atoms with van der Waals surface area (Å²) in [7, 11) is 0. The van der Waals surface area contributed by atoms with Crippen molar-refractivity contribution in [3.05, 3.63) is 60.9 Å². The molecule has 0 saturated heterocycles. The Hall–Kier alpha value is -2.23. The van der Waals surface area contributed by atoms with Crippen molar-refractivity contribution in [1.82, 2.24) is 9.97 Å². The third-order valence-corrected chi connectivity index (χ3v) is 5.17. The highest BCUT2D eigenvalue weighted by atomic mass is 79.9. The van der Waals surface area contributed by atoms with E-state index in [1.165, 1.54) is 11.3 Å². The standard InChI is InChI=1S/C17H12BrN3OS/c1-9-10(2)23-17-14(9)16(22)20-15(21-17)12(8-19)6-11-4-3-5-13(18)7-11/h3-7H,1-2H3,(H,20,21,22). The fraction of sp³-hybridized carbons (Fsp3) is 0.118. The van der Waals surface area contributed by atoms with Crippen LogP contribution in [-0.4, -0.2) is 9.97 Å². The molecule has 0 amide bonds. The minimum atomic E-state index is -0.206. The van der Waals surface area contributed by atoms with Crippen molar-refractivity contribution < 1.29 is 0 Å². The van der Waals surface area contributed by atoms with E-state index in [1.807, 2.05) is 38.1 Å². The van der Waals surface area contributed by atoms with Crippen LogP contribution in [0.4, 0.5) is 0 Å². The van der Waals surface area contributed by atoms with Crippen molar-refractivity contribution in [2.45, 2.75) is 13.8 Å². The number of thiophene rings is 1. The van der Waals surface area contributed by atoms with Crippen molar-refractivity contribution in [3.8, 4) is 6.07 Å². The molecule has 0 unspecified atom stereocenters. The van der Waals surface area contributed by atoms with Crippen molar-refractivity contribution >= 4 is 49.1 Å². The zero-order valence-corrected chi connectivity index (χ0v) is 14.9. The third-order valence-electron chi connectivity index (χ3n) is 3.57. The molecule has 0 radical (unpaired) electrons. The van der Waals surface area contributed by atoms with Gasteiger partial charge in [0.15, 0.2) is 5.82 Å². The van der Waals surface area contributed by atoms with E-state index >= 15 is 0 Å². The van der Waals surface area contributed by atoms with Gasteiger partial charge in [-0.2, -0.15) is 5.26 Å². The number of fused-ring (bicyclic) bond motifs is 1. The van der Waals surface area contributed by atoms with Gasteiger partial charge in [-0.25, -0.2) is 4.98 Å². The van der Waals surface area contributed by atoms with Crippen LogP contribution < -0.4 is 5.56 Å². The van der Waals surface area contributed by atoms with Gasteiger partial charge >= 0.3 is 0 Å². The Morgan fingerprint density at radius 1 is 1.43 bits per heavy atom. The van der Waals surface area contributed by atoms with Crippen LogP contribution in [-0.2, 0) is 0 Å². The van der Waals surface area contributed by atoms with Gasteiger partial charge in [0.2, 0.25) is 0 Å². The van der Waals surface area contributed by atoms with Gasteiger partial charge in [0, 0.05) is 9.35 Å². The summed E-state index contributed by atoms with van der Waals surface area (Å²) in [6.07, 6.45) is 1.71. The van der Waals surface area contributed by atoms with Gasteiger partial charge < -0.3 is 4.98 Å². The number of halogens is 1. The minimum absolute atomic E-state index is 0.206. The van der Waals surface area contributed by atoms with E-state index in [-0.39, 0.29) is 5.56 Å². The molecule has 1 N–H and O–H groups in total. The number of rotatable bonds is 2. The van der Waals surface area contributed by atoms with E-state index < -0.39 is 0 Å². The zero-order valence-electron chi connectivity index (χ0n) is 12.5. The van der Waals surface area contributed by atoms with E-state index in [2.05, 4.69) is 32.0 Å². The van der Waals surface area contributed by atoms with Gasteiger partial charge in [0.05, 0.1) is 11.0 Å². The summed E-state index contributed by atoms with van der Waals surface area (Å²) in [4.78, 5) is 21.2. The van der Waals surface area contributed by atoms with E-state index in [4.69, 9.17) is 0 Å². The Bertz CT molecular complexity index is 1040. The van der Waals surface area contributed by atoms with Crippen LogP contribution >= 0.6 is 27.3 Å². The van der Waals surface area contributed by atoms with Crippen LogP contribution in [0, 0.1) is 25.2 Å². The molecule has 3 aromatic rings. The monoisotopic (exact) mass is 385 g/mol. The molecule has 4 nitrogen and oxygen atoms in total. The highest BCUT2D eigenvalue weighted by molar-refractivity contribution is 9.10. The number of hydrogen-bond acceptors (Lipinski definition) is 4. The number of allylic oxidation sites excluding steroid dienone is 1. The molecule has 114 valence electrons. The molecule has 0 atom stereocenters. The summed E-state index contributed by atoms with van der Waals surface area (Å²) < 4.78 is 0.921. The lowest BCUT2D eigenvalue weighted by atomic mass is 10.1. The first-order chi connectivity index (χ1) is 11.0. The number of H-pyrrole nitrogens is 1. The molecule has 23 heavy (non-hydrogen) atoms. The first-order valence-corrected chi connectivity index (χ1v) is 8.48. The summed E-state index contributed by atoms with van der Waals surface area (Å²) in [6, 6.07) is 9.70. The maximum absolute atomic E-state index is 12.3. The summed E-state index contributed by atoms with van der Waals surface area (Å²) in [6.45, 7) is 3.87. The van der Waals surface area contributed by atoms with E-state index in [1.54, 1.807) is 6.08 Å². The Balaban J connectivity index is 2.18. The van der Waals surface area contributed by atoms with Crippen molar-refractivity contribution in [2.24, 2.45) is 0 Å². The molecule has 0 aliphatic carbocycles. The SMILES string of the molecule is Cc1sc2nc(C(C#N)=Cc3cccc(Br)c3)[nH]c(=O)c2c1C. The first kappa shape index (κ1) is 15.7. The first-order valence-electron chi connectivity index (χ1n) is 6.87. The molecule has 1 aromatic carbocycles. The second-order valence-electron chi connectivity index (χ2n) is 5.10. The zero-order chi connectivity index (χ0) is 16.6. The maximum Gasteiger partial charge on any atom is 0.260 e. The Morgan fingerprint density at radius 3 is 2.91 bits per heavy atom. The molecule has 3 rings (SSSR count). The van der Waals surface area contributed by atoms with Crippen LogP contribution in [0.2, 0.25) is 0 Å². The highest BCUT2D eigenvalue weighted by Crippen LogP contribution is 2.27. The average molecular weight is 386 g/mol. The number of hydrogen-bond donors (Lipinski definition) is 1. The van der Waals surface area contributed by atoms with Crippen LogP contribution in [0.3, 0.4) is 0 Å². The second-order valence-corrected chi connectivity index (χ2v) is 7.22. The molecular formula is C17H12BrN3OS. The van der Waals surface area contributed by atoms with Gasteiger partial charge in [-0.1, -0.05) is 28.1 Å². The molecule has 0 fully saturated rings. The van der Waals surface area contributed by atoms with Crippen LogP contribution in [0.1, 0.15) is 21.8 Å². The fourth-order valence-electron chi connectivity index (χ4n) is 2.30. The average Bonchev–Trinajstić information content (AvgIpc) is 2.80. The van der Waals surface area contributed by atoms with E-state index in [9.17, 15) is 10.1 Å². The Morgan fingerprint density at radius 2 is 2.22 bits per heavy atom. The van der Waals surface area contributed by atoms with Crippen LogP contribution in [0.5, 0.6) is 0 Å². The summed E-state index contributed by atoms with van der Waals surface area (Å²) in [5, 5.41) is 10.1. The Kier molecular flexibility index (Phi) is 4.16. The number of nitrogens with zero attached hydrogens (tertiary/aromatic N) is 2. The number of nitrogens with one attached hydrogen (secondary N) is 1. The molecule has 2 aromatic heterocycles. The molecule has 2 heterocycles. The minimum Gasteiger partial charge on any atom is -0.305 e. The molecule has 0 saturated carbocycles. The number of aromatic nitrogens is 2. The quantitative estimate of drug-likeness (QED) is 0.663. The molecular weight excluding hydrogens is 374 g/mol. The van der Waals surface area contributed by atoms with Gasteiger partial charge in [-0.05, 0) is 43.2 Å². The van der Waals surface area contributed by atoms with E-state index in [0.717, 1.165) is 20.5 Å². The summed E-state index contributed by atoms with van der Waals surface area (Å²) >= 11 is 4.87. The lowest BCUT2D eigenvalue weighted by Gasteiger charge is -2.00. The molecule has 6 heteroatoms. The fourth-order valence-corrected chi connectivity index (χ4v) is 3.75. The van der Waals surface area contributed by atoms with E-state index in [0.29, 0.717) is 21.6 Å². The number of aryl methyl sites for hydroxylation is 2. The molecule has 0 aliphatic heterocycles. The number of nitriles is 1. The van der Waals surface area contributed by atoms with Crippen LogP contribution in [0.15, 0.2) is 33.5 Å². The van der Waals surface area contributed by atoms with Crippen molar-refractivity contribution in [3.63, 3.8) is 0 Å². The highest BCUT2D eigenvalue weighted by Gasteiger charge is 2.13. The lowest BCUT2D eigenvalue weighted by Crippen LogP contribution is -2.10. The lowest BCUT2D eigenvalue weighted by molar-refractivity contribution is 1.13. The summed E-state index contributed by atoms with van der Waals surface area (Å²) in [5.41, 5.74) is 1.92. The van der Waals surface area contributed by atoms with Gasteiger partial charge in [0.25, 0.3) is 5.56 Å². The largest absolute Gasteiger partial charge is 0.305 e. The molecule has 0 aliphatic rings. The van der Waals surface area contributed by atoms with Gasteiger partial charge in [0.1, 0.15) is 10.9 Å². The third kappa shape index (κ3) is 2.98. The van der Waals surface area contributed by atoms with Crippen LogP contribution in [0.25, 0.3) is 21.9 Å². The van der Waals surface area contributed by atoms with Gasteiger partial charge in [-0.15, -0.1) is 11.3 Å². The normalized spacial score (nSPS) is 11.7. The Labute approximate surface area is 145 Å². The maximum atomic E-state index is 12.3. The second kappa shape index (κ2) is 6.11. The molecule has 0 bridgehead atoms. The number of benzene rings is 1. The van der Waals surface area contributed by atoms with Crippen molar-refractivity contribution in [1.29, 1.82) is 5.26 Å². The van der Waals surface area contributed by atoms with Crippen molar-refractivity contribution in [2.75, 3.05) is 0 Å².